The minimum Gasteiger partial charge on any atom is -0.378 e. The Morgan fingerprint density at radius 2 is 1.68 bits per heavy atom. The van der Waals surface area contributed by atoms with Crippen molar-refractivity contribution in [2.75, 3.05) is 5.32 Å². The molecule has 100 valence electrons. The summed E-state index contributed by atoms with van der Waals surface area (Å²) >= 11 is 6.32. The SMILES string of the molecule is CCCCC(Nc1ccccc1)c1ccccc1Cl. The lowest BCUT2D eigenvalue weighted by Crippen LogP contribution is -2.11. The van der Waals surface area contributed by atoms with Gasteiger partial charge in [0.1, 0.15) is 0 Å². The molecule has 2 aromatic carbocycles. The van der Waals surface area contributed by atoms with Crippen LogP contribution in [0, 0.1) is 0 Å². The van der Waals surface area contributed by atoms with Crippen molar-refractivity contribution in [3.8, 4) is 0 Å². The van der Waals surface area contributed by atoms with E-state index < -0.39 is 0 Å². The van der Waals surface area contributed by atoms with E-state index in [4.69, 9.17) is 11.6 Å². The molecule has 2 aromatic rings. The van der Waals surface area contributed by atoms with E-state index in [1.165, 1.54) is 18.4 Å². The van der Waals surface area contributed by atoms with Crippen LogP contribution in [0.2, 0.25) is 5.02 Å². The molecule has 1 unspecified atom stereocenters. The molecule has 0 radical (unpaired) electrons. The van der Waals surface area contributed by atoms with E-state index in [0.29, 0.717) is 0 Å². The summed E-state index contributed by atoms with van der Waals surface area (Å²) in [6, 6.07) is 18.7. The van der Waals surface area contributed by atoms with E-state index in [9.17, 15) is 0 Å². The molecule has 0 bridgehead atoms. The van der Waals surface area contributed by atoms with Crippen LogP contribution in [0.4, 0.5) is 5.69 Å². The van der Waals surface area contributed by atoms with Crippen molar-refractivity contribution in [3.63, 3.8) is 0 Å². The second-order valence-corrected chi connectivity index (χ2v) is 5.13. The van der Waals surface area contributed by atoms with Crippen LogP contribution >= 0.6 is 11.6 Å². The van der Waals surface area contributed by atoms with Crippen LogP contribution in [-0.2, 0) is 0 Å². The number of benzene rings is 2. The third-order valence-electron chi connectivity index (χ3n) is 3.24. The fraction of sp³-hybridized carbons (Fsp3) is 0.294. The number of halogens is 1. The Labute approximate surface area is 120 Å². The topological polar surface area (TPSA) is 12.0 Å². The lowest BCUT2D eigenvalue weighted by atomic mass is 10.0. The lowest BCUT2D eigenvalue weighted by molar-refractivity contribution is 0.634. The van der Waals surface area contributed by atoms with Crippen LogP contribution in [0.1, 0.15) is 37.8 Å². The van der Waals surface area contributed by atoms with E-state index in [1.807, 2.05) is 36.4 Å². The van der Waals surface area contributed by atoms with Gasteiger partial charge in [-0.15, -0.1) is 0 Å². The highest BCUT2D eigenvalue weighted by atomic mass is 35.5. The molecule has 2 rings (SSSR count). The molecule has 1 atom stereocenters. The molecule has 0 aromatic heterocycles. The van der Waals surface area contributed by atoms with Crippen molar-refractivity contribution in [1.82, 2.24) is 0 Å². The number of nitrogens with one attached hydrogen (secondary N) is 1. The average molecular weight is 274 g/mol. The van der Waals surface area contributed by atoms with Gasteiger partial charge in [0.15, 0.2) is 0 Å². The van der Waals surface area contributed by atoms with Gasteiger partial charge in [-0.1, -0.05) is 67.8 Å². The number of hydrogen-bond donors (Lipinski definition) is 1. The molecule has 0 saturated heterocycles. The Morgan fingerprint density at radius 3 is 2.37 bits per heavy atom. The summed E-state index contributed by atoms with van der Waals surface area (Å²) in [5, 5.41) is 4.43. The van der Waals surface area contributed by atoms with Crippen molar-refractivity contribution in [2.24, 2.45) is 0 Å². The highest BCUT2D eigenvalue weighted by Crippen LogP contribution is 2.29. The van der Waals surface area contributed by atoms with E-state index in [2.05, 4.69) is 30.4 Å². The van der Waals surface area contributed by atoms with Gasteiger partial charge in [0, 0.05) is 10.7 Å². The molecule has 0 aliphatic heterocycles. The van der Waals surface area contributed by atoms with E-state index in [1.54, 1.807) is 0 Å². The number of anilines is 1. The second kappa shape index (κ2) is 7.20. The zero-order chi connectivity index (χ0) is 13.5. The third-order valence-corrected chi connectivity index (χ3v) is 3.59. The normalized spacial score (nSPS) is 12.1. The van der Waals surface area contributed by atoms with Crippen LogP contribution in [-0.4, -0.2) is 0 Å². The Bertz CT molecular complexity index is 496. The largest absolute Gasteiger partial charge is 0.378 e. The zero-order valence-electron chi connectivity index (χ0n) is 11.3. The summed E-state index contributed by atoms with van der Waals surface area (Å²) in [7, 11) is 0. The molecule has 0 aliphatic rings. The summed E-state index contributed by atoms with van der Waals surface area (Å²) in [4.78, 5) is 0. The first-order valence-electron chi connectivity index (χ1n) is 6.87. The molecule has 0 fully saturated rings. The summed E-state index contributed by atoms with van der Waals surface area (Å²) in [5.41, 5.74) is 2.32. The fourth-order valence-corrected chi connectivity index (χ4v) is 2.47. The summed E-state index contributed by atoms with van der Waals surface area (Å²) in [6.45, 7) is 2.21. The van der Waals surface area contributed by atoms with Crippen molar-refractivity contribution in [3.05, 3.63) is 65.2 Å². The van der Waals surface area contributed by atoms with Gasteiger partial charge in [-0.25, -0.2) is 0 Å². The Balaban J connectivity index is 2.19. The maximum absolute atomic E-state index is 6.32. The molecule has 0 heterocycles. The van der Waals surface area contributed by atoms with Crippen molar-refractivity contribution in [2.45, 2.75) is 32.2 Å². The monoisotopic (exact) mass is 273 g/mol. The van der Waals surface area contributed by atoms with Gasteiger partial charge in [0.05, 0.1) is 6.04 Å². The highest BCUT2D eigenvalue weighted by molar-refractivity contribution is 6.31. The number of rotatable bonds is 6. The van der Waals surface area contributed by atoms with Crippen LogP contribution in [0.5, 0.6) is 0 Å². The molecule has 0 aliphatic carbocycles. The number of hydrogen-bond acceptors (Lipinski definition) is 1. The molecule has 1 nitrogen and oxygen atoms in total. The number of unbranched alkanes of at least 4 members (excludes halogenated alkanes) is 1. The molecule has 1 N–H and O–H groups in total. The predicted octanol–water partition coefficient (Wildman–Crippen LogP) is 5.68. The summed E-state index contributed by atoms with van der Waals surface area (Å²) in [5.74, 6) is 0. The van der Waals surface area contributed by atoms with E-state index in [0.717, 1.165) is 17.1 Å². The standard InChI is InChI=1S/C17H20ClN/c1-2-3-13-17(15-11-7-8-12-16(15)18)19-14-9-5-4-6-10-14/h4-12,17,19H,2-3,13H2,1H3. The summed E-state index contributed by atoms with van der Waals surface area (Å²) in [6.07, 6.45) is 3.47. The van der Waals surface area contributed by atoms with Gasteiger partial charge in [-0.05, 0) is 30.2 Å². The van der Waals surface area contributed by atoms with E-state index in [-0.39, 0.29) is 6.04 Å². The first-order chi connectivity index (χ1) is 9.31. The smallest absolute Gasteiger partial charge is 0.0528 e. The zero-order valence-corrected chi connectivity index (χ0v) is 12.0. The first-order valence-corrected chi connectivity index (χ1v) is 7.25. The maximum Gasteiger partial charge on any atom is 0.0528 e. The van der Waals surface area contributed by atoms with Crippen molar-refractivity contribution in [1.29, 1.82) is 0 Å². The summed E-state index contributed by atoms with van der Waals surface area (Å²) < 4.78 is 0. The average Bonchev–Trinajstić information content (AvgIpc) is 2.45. The quantitative estimate of drug-likeness (QED) is 0.713. The second-order valence-electron chi connectivity index (χ2n) is 4.73. The van der Waals surface area contributed by atoms with Crippen LogP contribution in [0.3, 0.4) is 0 Å². The lowest BCUT2D eigenvalue weighted by Gasteiger charge is -2.21. The Morgan fingerprint density at radius 1 is 1.00 bits per heavy atom. The van der Waals surface area contributed by atoms with Crippen molar-refractivity contribution < 1.29 is 0 Å². The van der Waals surface area contributed by atoms with Gasteiger partial charge < -0.3 is 5.32 Å². The molecule has 0 amide bonds. The Kier molecular flexibility index (Phi) is 5.29. The van der Waals surface area contributed by atoms with Gasteiger partial charge in [0.2, 0.25) is 0 Å². The van der Waals surface area contributed by atoms with Gasteiger partial charge in [0.25, 0.3) is 0 Å². The van der Waals surface area contributed by atoms with E-state index >= 15 is 0 Å². The molecular formula is C17H20ClN. The first kappa shape index (κ1) is 14.0. The van der Waals surface area contributed by atoms with Gasteiger partial charge >= 0.3 is 0 Å². The molecule has 0 saturated carbocycles. The Hall–Kier alpha value is -1.47. The molecular weight excluding hydrogens is 254 g/mol. The highest BCUT2D eigenvalue weighted by Gasteiger charge is 2.13. The predicted molar refractivity (Wildman–Crippen MR) is 83.8 cm³/mol. The third kappa shape index (κ3) is 4.00. The molecule has 0 spiro atoms. The van der Waals surface area contributed by atoms with Crippen molar-refractivity contribution >= 4 is 17.3 Å². The van der Waals surface area contributed by atoms with Gasteiger partial charge in [-0.2, -0.15) is 0 Å². The maximum atomic E-state index is 6.32. The van der Waals surface area contributed by atoms with Crippen LogP contribution in [0.25, 0.3) is 0 Å². The van der Waals surface area contributed by atoms with Crippen LogP contribution in [0.15, 0.2) is 54.6 Å². The van der Waals surface area contributed by atoms with Crippen LogP contribution < -0.4 is 5.32 Å². The molecule has 19 heavy (non-hydrogen) atoms. The van der Waals surface area contributed by atoms with Gasteiger partial charge in [-0.3, -0.25) is 0 Å². The molecule has 2 heteroatoms. The fourth-order valence-electron chi connectivity index (χ4n) is 2.21. The minimum absolute atomic E-state index is 0.274. The number of para-hydroxylation sites is 1. The minimum atomic E-state index is 0.274.